The van der Waals surface area contributed by atoms with Crippen molar-refractivity contribution in [3.05, 3.63) is 0 Å². The Morgan fingerprint density at radius 2 is 1.14 bits per heavy atom. The van der Waals surface area contributed by atoms with Gasteiger partial charge in [0.1, 0.15) is 0 Å². The van der Waals surface area contributed by atoms with E-state index in [0.717, 1.165) is 0 Å². The Morgan fingerprint density at radius 1 is 0.857 bits per heavy atom. The molecule has 0 heterocycles. The first-order chi connectivity index (χ1) is 3.13. The van der Waals surface area contributed by atoms with E-state index in [1.165, 1.54) is 0 Å². The van der Waals surface area contributed by atoms with E-state index >= 15 is 0 Å². The quantitative estimate of drug-likeness (QED) is 0.308. The first kappa shape index (κ1) is 7.32. The predicted molar refractivity (Wildman–Crippen MR) is 28.0 cm³/mol. The van der Waals surface area contributed by atoms with Crippen LogP contribution in [0.25, 0.3) is 0 Å². The SMILES string of the molecule is OB(O)SB(O)O. The van der Waals surface area contributed by atoms with Crippen LogP contribution in [0.15, 0.2) is 0 Å². The molecule has 0 aromatic heterocycles. The molecule has 7 heteroatoms. The molecule has 0 saturated heterocycles. The van der Waals surface area contributed by atoms with E-state index in [2.05, 4.69) is 0 Å². The van der Waals surface area contributed by atoms with Gasteiger partial charge in [0.15, 0.2) is 0 Å². The van der Waals surface area contributed by atoms with Gasteiger partial charge >= 0.3 is 12.8 Å². The summed E-state index contributed by atoms with van der Waals surface area (Å²) < 4.78 is 0. The zero-order chi connectivity index (χ0) is 5.86. The molecule has 0 aromatic rings. The molecule has 0 spiro atoms. The number of hydrogen-bond acceptors (Lipinski definition) is 5. The Kier molecular flexibility index (Phi) is 3.49. The van der Waals surface area contributed by atoms with Crippen molar-refractivity contribution in [2.45, 2.75) is 0 Å². The van der Waals surface area contributed by atoms with Crippen molar-refractivity contribution in [3.8, 4) is 0 Å². The van der Waals surface area contributed by atoms with Gasteiger partial charge in [-0.15, -0.1) is 11.5 Å². The molecule has 0 aromatic carbocycles. The molecule has 7 heavy (non-hydrogen) atoms. The summed E-state index contributed by atoms with van der Waals surface area (Å²) in [5.74, 6) is 0. The molecule has 0 rings (SSSR count). The van der Waals surface area contributed by atoms with Gasteiger partial charge in [-0.1, -0.05) is 0 Å². The summed E-state index contributed by atoms with van der Waals surface area (Å²) in [6, 6.07) is 0. The molecule has 0 aliphatic rings. The van der Waals surface area contributed by atoms with Gasteiger partial charge in [0, 0.05) is 0 Å². The van der Waals surface area contributed by atoms with Crippen LogP contribution in [0.1, 0.15) is 0 Å². The normalized spacial score (nSPS) is 8.57. The highest BCUT2D eigenvalue weighted by Crippen LogP contribution is 1.99. The summed E-state index contributed by atoms with van der Waals surface area (Å²) in [5, 5.41) is 31.7. The van der Waals surface area contributed by atoms with Crippen LogP contribution in [0.3, 0.4) is 0 Å². The zero-order valence-electron chi connectivity index (χ0n) is 3.35. The average molecular weight is 122 g/mol. The number of hydrogen-bond donors (Lipinski definition) is 4. The fraction of sp³-hybridized carbons (Fsp3) is 0. The monoisotopic (exact) mass is 122 g/mol. The van der Waals surface area contributed by atoms with Gasteiger partial charge in [0.05, 0.1) is 0 Å². The summed E-state index contributed by atoms with van der Waals surface area (Å²) in [6.45, 7) is 0. The van der Waals surface area contributed by atoms with E-state index in [9.17, 15) is 0 Å². The molecule has 0 atom stereocenters. The molecule has 0 fully saturated rings. The maximum Gasteiger partial charge on any atom is 0.519 e. The van der Waals surface area contributed by atoms with Gasteiger partial charge in [-0.2, -0.15) is 0 Å². The highest BCUT2D eigenvalue weighted by atomic mass is 32.2. The first-order valence-corrected chi connectivity index (χ1v) is 2.45. The van der Waals surface area contributed by atoms with Gasteiger partial charge in [-0.25, -0.2) is 0 Å². The first-order valence-electron chi connectivity index (χ1n) is 1.50. The Morgan fingerprint density at radius 3 is 1.14 bits per heavy atom. The van der Waals surface area contributed by atoms with Gasteiger partial charge in [-0.05, 0) is 0 Å². The summed E-state index contributed by atoms with van der Waals surface area (Å²) in [7, 11) is 0. The summed E-state index contributed by atoms with van der Waals surface area (Å²) in [4.78, 5) is 0. The molecule has 4 nitrogen and oxygen atoms in total. The molecule has 4 N–H and O–H groups in total. The van der Waals surface area contributed by atoms with Crippen LogP contribution in [-0.4, -0.2) is 32.9 Å². The van der Waals surface area contributed by atoms with E-state index in [-0.39, 0.29) is 11.5 Å². The van der Waals surface area contributed by atoms with Crippen molar-refractivity contribution >= 4 is 24.3 Å². The minimum atomic E-state index is -1.71. The van der Waals surface area contributed by atoms with Crippen LogP contribution in [-0.2, 0) is 0 Å². The average Bonchev–Trinajstić information content (AvgIpc) is 1.27. The fourth-order valence-corrected chi connectivity index (χ4v) is 0.327. The van der Waals surface area contributed by atoms with Crippen molar-refractivity contribution in [3.63, 3.8) is 0 Å². The van der Waals surface area contributed by atoms with E-state index < -0.39 is 12.8 Å². The highest BCUT2D eigenvalue weighted by molar-refractivity contribution is 8.42. The van der Waals surface area contributed by atoms with E-state index in [1.54, 1.807) is 0 Å². The Balaban J connectivity index is 2.95. The van der Waals surface area contributed by atoms with Crippen molar-refractivity contribution in [2.24, 2.45) is 0 Å². The molecule has 0 aliphatic carbocycles. The summed E-state index contributed by atoms with van der Waals surface area (Å²) >= 11 is 0.231. The molecule has 0 radical (unpaired) electrons. The zero-order valence-corrected chi connectivity index (χ0v) is 4.17. The summed E-state index contributed by atoms with van der Waals surface area (Å²) in [5.41, 5.74) is 0. The lowest BCUT2D eigenvalue weighted by Crippen LogP contribution is -2.16. The third-order valence-corrected chi connectivity index (χ3v) is 0.730. The van der Waals surface area contributed by atoms with Crippen LogP contribution in [0.2, 0.25) is 0 Å². The minimum absolute atomic E-state index is 0.231. The Hall–Kier alpha value is 0.320. The minimum Gasteiger partial charge on any atom is -0.418 e. The van der Waals surface area contributed by atoms with Crippen molar-refractivity contribution in [1.29, 1.82) is 0 Å². The second-order valence-corrected chi connectivity index (χ2v) is 1.90. The van der Waals surface area contributed by atoms with Gasteiger partial charge in [-0.3, -0.25) is 0 Å². The van der Waals surface area contributed by atoms with E-state index in [1.807, 2.05) is 0 Å². The maximum absolute atomic E-state index is 7.92. The fourth-order valence-electron chi connectivity index (χ4n) is 0.109. The van der Waals surface area contributed by atoms with Crippen molar-refractivity contribution < 1.29 is 20.1 Å². The van der Waals surface area contributed by atoms with Crippen molar-refractivity contribution in [1.82, 2.24) is 0 Å². The van der Waals surface area contributed by atoms with E-state index in [4.69, 9.17) is 20.1 Å². The third kappa shape index (κ3) is 6.32. The maximum atomic E-state index is 7.92. The van der Waals surface area contributed by atoms with Crippen LogP contribution >= 0.6 is 11.5 Å². The second-order valence-electron chi connectivity index (χ2n) is 0.789. The molecule has 0 bridgehead atoms. The third-order valence-electron chi connectivity index (χ3n) is 0.243. The molecule has 0 amide bonds. The Labute approximate surface area is 45.3 Å². The lowest BCUT2D eigenvalue weighted by molar-refractivity contribution is 0.430. The topological polar surface area (TPSA) is 80.9 Å². The van der Waals surface area contributed by atoms with Crippen LogP contribution < -0.4 is 0 Å². The molecule has 0 aliphatic heterocycles. The summed E-state index contributed by atoms with van der Waals surface area (Å²) in [6.07, 6.45) is -3.42. The predicted octanol–water partition coefficient (Wildman–Crippen LogP) is -2.34. The lowest BCUT2D eigenvalue weighted by Gasteiger charge is -1.92. The molecular formula is H4B2O4S. The van der Waals surface area contributed by atoms with Gasteiger partial charge in [0.25, 0.3) is 0 Å². The molecule has 0 saturated carbocycles. The standard InChI is InChI=1S/B2H4O4S/c3-1(4)7-2(5)6/h3-6H. The highest BCUT2D eigenvalue weighted by Gasteiger charge is 2.17. The molecule has 40 valence electrons. The van der Waals surface area contributed by atoms with Gasteiger partial charge < -0.3 is 20.1 Å². The van der Waals surface area contributed by atoms with Crippen LogP contribution in [0.5, 0.6) is 0 Å². The van der Waals surface area contributed by atoms with Crippen molar-refractivity contribution in [2.75, 3.05) is 0 Å². The van der Waals surface area contributed by atoms with Crippen LogP contribution in [0, 0.1) is 0 Å². The Bertz CT molecular complexity index is 39.0. The lowest BCUT2D eigenvalue weighted by atomic mass is 10.4. The smallest absolute Gasteiger partial charge is 0.418 e. The van der Waals surface area contributed by atoms with Crippen LogP contribution in [0.4, 0.5) is 0 Å². The molecule has 0 unspecified atom stereocenters. The second kappa shape index (κ2) is 3.34. The number of rotatable bonds is 2. The molecular weight excluding hydrogens is 118 g/mol. The van der Waals surface area contributed by atoms with Gasteiger partial charge in [0.2, 0.25) is 0 Å². The van der Waals surface area contributed by atoms with E-state index in [0.29, 0.717) is 0 Å². The largest absolute Gasteiger partial charge is 0.519 e.